The molecule has 8 heteroatoms. The molecule has 4 rings (SSSR count). The fourth-order valence-corrected chi connectivity index (χ4v) is 5.52. The number of aryl methyl sites for hydroxylation is 1. The van der Waals surface area contributed by atoms with E-state index in [2.05, 4.69) is 16.9 Å². The van der Waals surface area contributed by atoms with Crippen molar-refractivity contribution in [1.29, 1.82) is 0 Å². The number of Topliss-reactive ketones (excluding diaryl/α,β-unsaturated/α-hetero) is 2. The summed E-state index contributed by atoms with van der Waals surface area (Å²) in [7, 11) is 0. The topological polar surface area (TPSA) is 88.2 Å². The Labute approximate surface area is 232 Å². The van der Waals surface area contributed by atoms with Crippen LogP contribution in [0.2, 0.25) is 0 Å². The van der Waals surface area contributed by atoms with Gasteiger partial charge in [-0.05, 0) is 67.9 Å². The fourth-order valence-electron chi connectivity index (χ4n) is 4.32. The van der Waals surface area contributed by atoms with Gasteiger partial charge in [-0.2, -0.15) is 11.8 Å². The summed E-state index contributed by atoms with van der Waals surface area (Å²) in [4.78, 5) is 42.9. The number of ketones is 2. The summed E-state index contributed by atoms with van der Waals surface area (Å²) < 4.78 is 0. The summed E-state index contributed by atoms with van der Waals surface area (Å²) in [6.45, 7) is 3.44. The molecule has 0 unspecified atom stereocenters. The molecule has 2 aromatic carbocycles. The van der Waals surface area contributed by atoms with Crippen LogP contribution in [0.15, 0.2) is 65.2 Å². The Balaban J connectivity index is 1.58. The van der Waals surface area contributed by atoms with Gasteiger partial charge in [0.15, 0.2) is 5.13 Å². The number of benzene rings is 2. The largest absolute Gasteiger partial charge is 0.344 e. The van der Waals surface area contributed by atoms with Crippen LogP contribution in [0, 0.1) is 6.92 Å². The Hall–Kier alpha value is -3.23. The monoisotopic (exact) mass is 547 g/mol. The van der Waals surface area contributed by atoms with Crippen LogP contribution in [-0.2, 0) is 4.79 Å². The van der Waals surface area contributed by atoms with Crippen LogP contribution in [0.4, 0.5) is 5.13 Å². The quantitative estimate of drug-likeness (QED) is 0.194. The Morgan fingerprint density at radius 3 is 2.53 bits per heavy atom. The van der Waals surface area contributed by atoms with Crippen molar-refractivity contribution in [2.24, 2.45) is 0 Å². The minimum absolute atomic E-state index is 0.136. The molecule has 2 N–H and O–H groups in total. The van der Waals surface area contributed by atoms with Gasteiger partial charge in [-0.1, -0.05) is 43.3 Å². The van der Waals surface area contributed by atoms with E-state index in [0.29, 0.717) is 11.1 Å². The fraction of sp³-hybridized carbons (Fsp3) is 0.333. The number of nitrogens with one attached hydrogen (secondary N) is 2. The predicted molar refractivity (Wildman–Crippen MR) is 157 cm³/mol. The maximum Gasteiger partial charge on any atom is 0.251 e. The third-order valence-electron chi connectivity index (χ3n) is 6.74. The predicted octanol–water partition coefficient (Wildman–Crippen LogP) is 6.68. The number of hydrogen-bond acceptors (Lipinski definition) is 7. The molecule has 1 heterocycles. The van der Waals surface area contributed by atoms with Crippen molar-refractivity contribution in [3.8, 4) is 11.3 Å². The molecular formula is C30H33N3O3S2. The molecule has 0 bridgehead atoms. The number of carbonyl (C=O) groups excluding carboxylic acids is 3. The molecule has 0 aliphatic heterocycles. The Bertz CT molecular complexity index is 1340. The van der Waals surface area contributed by atoms with Crippen molar-refractivity contribution in [2.75, 3.05) is 17.3 Å². The molecule has 0 spiro atoms. The third-order valence-corrected chi connectivity index (χ3v) is 8.14. The second-order valence-corrected chi connectivity index (χ2v) is 11.2. The molecule has 1 aromatic heterocycles. The lowest BCUT2D eigenvalue weighted by atomic mass is 9.87. The van der Waals surface area contributed by atoms with Crippen LogP contribution in [0.25, 0.3) is 11.3 Å². The number of amides is 1. The Kier molecular flexibility index (Phi) is 9.53. The standard InChI is InChI=1S/C30H33N3O3S2/c1-4-26(34)28(35)23-17-22(14-13-19(23)2)29(36)31-24(15-16-37-3)27(21-11-8-12-21)33-30-32-25(18-38-30)20-9-6-5-7-10-20/h5-7,9-10,13-14,17-18,24H,4,8,11-12,15-16H2,1-3H3,(H,31,36)(H,32,33)/t24-/m0/s1. The van der Waals surface area contributed by atoms with Gasteiger partial charge in [0.1, 0.15) is 0 Å². The van der Waals surface area contributed by atoms with E-state index in [-0.39, 0.29) is 23.9 Å². The molecular weight excluding hydrogens is 514 g/mol. The molecule has 1 aliphatic carbocycles. The Morgan fingerprint density at radius 2 is 1.87 bits per heavy atom. The minimum Gasteiger partial charge on any atom is -0.344 e. The van der Waals surface area contributed by atoms with Crippen LogP contribution < -0.4 is 10.6 Å². The zero-order valence-electron chi connectivity index (χ0n) is 22.0. The van der Waals surface area contributed by atoms with Crippen molar-refractivity contribution in [3.05, 3.63) is 81.9 Å². The van der Waals surface area contributed by atoms with Crippen LogP contribution in [0.3, 0.4) is 0 Å². The zero-order chi connectivity index (χ0) is 27.1. The maximum absolute atomic E-state index is 13.4. The van der Waals surface area contributed by atoms with Gasteiger partial charge < -0.3 is 10.6 Å². The van der Waals surface area contributed by atoms with Gasteiger partial charge in [0.2, 0.25) is 11.6 Å². The first-order valence-corrected chi connectivity index (χ1v) is 15.2. The number of allylic oxidation sites excluding steroid dienone is 1. The van der Waals surface area contributed by atoms with Crippen LogP contribution in [0.1, 0.15) is 65.3 Å². The number of thioether (sulfide) groups is 1. The molecule has 1 saturated carbocycles. The van der Waals surface area contributed by atoms with Gasteiger partial charge in [-0.15, -0.1) is 11.3 Å². The third kappa shape index (κ3) is 6.60. The average molecular weight is 548 g/mol. The summed E-state index contributed by atoms with van der Waals surface area (Å²) >= 11 is 3.28. The van der Waals surface area contributed by atoms with Crippen LogP contribution in [-0.4, -0.2) is 40.5 Å². The lowest BCUT2D eigenvalue weighted by molar-refractivity contribution is -0.114. The highest BCUT2D eigenvalue weighted by Gasteiger charge is 2.26. The second kappa shape index (κ2) is 13.0. The van der Waals surface area contributed by atoms with Crippen molar-refractivity contribution in [3.63, 3.8) is 0 Å². The second-order valence-electron chi connectivity index (χ2n) is 9.34. The SMILES string of the molecule is CCC(=O)C(=O)c1cc(C(=O)N[C@@H](CCSC)C(Nc2nc(-c3ccccc3)cs2)=C2CCC2)ccc1C. The zero-order valence-corrected chi connectivity index (χ0v) is 23.6. The van der Waals surface area contributed by atoms with Crippen LogP contribution in [0.5, 0.6) is 0 Å². The molecule has 1 amide bonds. The number of anilines is 1. The van der Waals surface area contributed by atoms with Gasteiger partial charge in [-0.3, -0.25) is 14.4 Å². The summed E-state index contributed by atoms with van der Waals surface area (Å²) in [5.41, 5.74) is 5.64. The van der Waals surface area contributed by atoms with E-state index in [0.717, 1.165) is 53.5 Å². The highest BCUT2D eigenvalue weighted by atomic mass is 32.2. The first-order valence-electron chi connectivity index (χ1n) is 12.9. The number of carbonyl (C=O) groups is 3. The Morgan fingerprint density at radius 1 is 1.11 bits per heavy atom. The molecule has 1 aliphatic rings. The lowest BCUT2D eigenvalue weighted by Crippen LogP contribution is -2.40. The number of rotatable bonds is 12. The van der Waals surface area contributed by atoms with Crippen molar-refractivity contribution in [2.45, 2.75) is 52.0 Å². The molecule has 1 atom stereocenters. The molecule has 6 nitrogen and oxygen atoms in total. The lowest BCUT2D eigenvalue weighted by Gasteiger charge is -2.29. The van der Waals surface area contributed by atoms with Crippen LogP contribution >= 0.6 is 23.1 Å². The van der Waals surface area contributed by atoms with Gasteiger partial charge in [0, 0.05) is 34.2 Å². The van der Waals surface area contributed by atoms with Gasteiger partial charge in [0.05, 0.1) is 11.7 Å². The number of hydrogen-bond donors (Lipinski definition) is 2. The molecule has 0 radical (unpaired) electrons. The number of nitrogens with zero attached hydrogens (tertiary/aromatic N) is 1. The van der Waals surface area contributed by atoms with E-state index in [4.69, 9.17) is 4.98 Å². The first-order chi connectivity index (χ1) is 18.4. The summed E-state index contributed by atoms with van der Waals surface area (Å²) in [5.74, 6) is -0.393. The van der Waals surface area contributed by atoms with E-state index in [1.807, 2.05) is 35.7 Å². The van der Waals surface area contributed by atoms with E-state index in [1.54, 1.807) is 55.1 Å². The highest BCUT2D eigenvalue weighted by Crippen LogP contribution is 2.33. The molecule has 0 saturated heterocycles. The highest BCUT2D eigenvalue weighted by molar-refractivity contribution is 7.98. The van der Waals surface area contributed by atoms with E-state index < -0.39 is 11.6 Å². The van der Waals surface area contributed by atoms with Crippen molar-refractivity contribution in [1.82, 2.24) is 10.3 Å². The van der Waals surface area contributed by atoms with Gasteiger partial charge in [0.25, 0.3) is 5.91 Å². The van der Waals surface area contributed by atoms with Gasteiger partial charge >= 0.3 is 0 Å². The van der Waals surface area contributed by atoms with Gasteiger partial charge in [-0.25, -0.2) is 4.98 Å². The minimum atomic E-state index is -0.546. The summed E-state index contributed by atoms with van der Waals surface area (Å²) in [6, 6.07) is 14.8. The van der Waals surface area contributed by atoms with E-state index in [1.165, 1.54) is 5.57 Å². The maximum atomic E-state index is 13.4. The smallest absolute Gasteiger partial charge is 0.251 e. The average Bonchev–Trinajstić information content (AvgIpc) is 3.38. The van der Waals surface area contributed by atoms with Crippen molar-refractivity contribution < 1.29 is 14.4 Å². The number of thiazole rings is 1. The molecule has 3 aromatic rings. The molecule has 198 valence electrons. The van der Waals surface area contributed by atoms with E-state index in [9.17, 15) is 14.4 Å². The summed E-state index contributed by atoms with van der Waals surface area (Å²) in [5, 5.41) is 9.61. The normalized spacial score (nSPS) is 13.4. The van der Waals surface area contributed by atoms with E-state index >= 15 is 0 Å². The van der Waals surface area contributed by atoms with Crippen molar-refractivity contribution >= 4 is 45.7 Å². The summed E-state index contributed by atoms with van der Waals surface area (Å²) in [6.07, 6.45) is 6.06. The molecule has 38 heavy (non-hydrogen) atoms. The number of aromatic nitrogens is 1. The molecule has 1 fully saturated rings. The first kappa shape index (κ1) is 27.8.